The third-order valence-corrected chi connectivity index (χ3v) is 8.73. The second-order valence-corrected chi connectivity index (χ2v) is 12.1. The Bertz CT molecular complexity index is 1720. The lowest BCUT2D eigenvalue weighted by molar-refractivity contribution is -0.135. The molecule has 0 spiro atoms. The first-order chi connectivity index (χ1) is 23.3. The average molecular weight is 656 g/mol. The molecule has 48 heavy (non-hydrogen) atoms. The van der Waals surface area contributed by atoms with Crippen molar-refractivity contribution in [1.82, 2.24) is 20.3 Å². The molecule has 5 N–H and O–H groups in total. The van der Waals surface area contributed by atoms with Gasteiger partial charge >= 0.3 is 6.09 Å². The minimum Gasteiger partial charge on any atom is -0.506 e. The van der Waals surface area contributed by atoms with Crippen molar-refractivity contribution in [3.8, 4) is 16.9 Å². The molecule has 2 amide bonds. The van der Waals surface area contributed by atoms with Crippen molar-refractivity contribution < 1.29 is 24.5 Å². The molecule has 11 nitrogen and oxygen atoms in total. The molecule has 0 aliphatic carbocycles. The van der Waals surface area contributed by atoms with Crippen molar-refractivity contribution in [2.75, 3.05) is 38.0 Å². The van der Waals surface area contributed by atoms with E-state index in [0.717, 1.165) is 30.4 Å². The molecule has 0 bridgehead atoms. The van der Waals surface area contributed by atoms with Crippen molar-refractivity contribution >= 4 is 28.6 Å². The minimum absolute atomic E-state index is 0.0620. The van der Waals surface area contributed by atoms with E-state index in [0.29, 0.717) is 62.1 Å². The highest BCUT2D eigenvalue weighted by Crippen LogP contribution is 2.29. The molecule has 0 saturated carbocycles. The van der Waals surface area contributed by atoms with Crippen LogP contribution in [0.25, 0.3) is 22.0 Å². The van der Waals surface area contributed by atoms with Gasteiger partial charge in [-0.25, -0.2) is 10.2 Å². The molecule has 254 valence electrons. The summed E-state index contributed by atoms with van der Waals surface area (Å²) < 4.78 is 5.77. The Balaban J connectivity index is 1.09. The quantitative estimate of drug-likeness (QED) is 0.0877. The summed E-state index contributed by atoms with van der Waals surface area (Å²) in [6, 6.07) is 23.5. The third-order valence-electron chi connectivity index (χ3n) is 8.73. The van der Waals surface area contributed by atoms with Crippen LogP contribution >= 0.6 is 0 Å². The number of aromatic amines is 1. The number of likely N-dealkylation sites (tertiary alicyclic amines) is 1. The number of unbranched alkanes of at least 4 members (excludes halogenated alkanes) is 2. The van der Waals surface area contributed by atoms with Gasteiger partial charge in [-0.05, 0) is 48.6 Å². The van der Waals surface area contributed by atoms with Crippen LogP contribution in [0.1, 0.15) is 57.1 Å². The van der Waals surface area contributed by atoms with Crippen LogP contribution in [-0.4, -0.2) is 75.9 Å². The first-order valence-electron chi connectivity index (χ1n) is 16.7. The zero-order valence-electron chi connectivity index (χ0n) is 27.4. The Labute approximate surface area is 280 Å². The van der Waals surface area contributed by atoms with Crippen molar-refractivity contribution in [1.29, 1.82) is 0 Å². The summed E-state index contributed by atoms with van der Waals surface area (Å²) in [6.07, 6.45) is 2.82. The number of nitrogens with zero attached hydrogens (tertiary/aromatic N) is 2. The Hall–Kier alpha value is -4.71. The van der Waals surface area contributed by atoms with E-state index in [9.17, 15) is 24.6 Å². The molecule has 0 radical (unpaired) electrons. The molecule has 1 aromatic heterocycles. The number of hydrazine groups is 1. The molecule has 3 aromatic carbocycles. The Morgan fingerprint density at radius 1 is 1.00 bits per heavy atom. The van der Waals surface area contributed by atoms with E-state index in [-0.39, 0.29) is 35.4 Å². The summed E-state index contributed by atoms with van der Waals surface area (Å²) in [4.78, 5) is 42.7. The number of fused-ring (bicyclic) bond motifs is 1. The van der Waals surface area contributed by atoms with E-state index < -0.39 is 12.2 Å². The van der Waals surface area contributed by atoms with E-state index in [2.05, 4.69) is 27.6 Å². The fraction of sp³-hybridized carbons (Fsp3) is 0.378. The van der Waals surface area contributed by atoms with Crippen LogP contribution in [0.4, 0.5) is 10.5 Å². The fourth-order valence-corrected chi connectivity index (χ4v) is 6.06. The van der Waals surface area contributed by atoms with Gasteiger partial charge in [0.1, 0.15) is 11.9 Å². The molecule has 1 fully saturated rings. The van der Waals surface area contributed by atoms with Gasteiger partial charge < -0.3 is 24.8 Å². The Morgan fingerprint density at radius 3 is 2.52 bits per heavy atom. The number of carbonyl (C=O) groups excluding carboxylic acids is 2. The number of aromatic hydroxyl groups is 1. The summed E-state index contributed by atoms with van der Waals surface area (Å²) >= 11 is 0. The topological polar surface area (TPSA) is 147 Å². The third kappa shape index (κ3) is 9.21. The van der Waals surface area contributed by atoms with Crippen LogP contribution in [0.15, 0.2) is 83.7 Å². The number of benzene rings is 3. The number of hydrogen-bond acceptors (Lipinski definition) is 8. The van der Waals surface area contributed by atoms with Crippen LogP contribution < -0.4 is 16.3 Å². The van der Waals surface area contributed by atoms with E-state index in [4.69, 9.17) is 4.74 Å². The molecule has 11 heteroatoms. The number of piperidine rings is 1. The highest BCUT2D eigenvalue weighted by molar-refractivity contribution is 5.91. The molecule has 2 heterocycles. The first kappa shape index (κ1) is 34.6. The number of aromatic nitrogens is 1. The van der Waals surface area contributed by atoms with Crippen molar-refractivity contribution in [2.24, 2.45) is 0 Å². The van der Waals surface area contributed by atoms with Crippen molar-refractivity contribution in [3.63, 3.8) is 0 Å². The number of carbonyl (C=O) groups is 2. The van der Waals surface area contributed by atoms with E-state index in [1.54, 1.807) is 17.1 Å². The normalized spacial score (nSPS) is 14.5. The highest BCUT2D eigenvalue weighted by Gasteiger charge is 2.24. The van der Waals surface area contributed by atoms with Crippen LogP contribution in [0.5, 0.6) is 5.75 Å². The molecule has 0 unspecified atom stereocenters. The monoisotopic (exact) mass is 655 g/mol. The number of aliphatic hydroxyl groups is 1. The maximum absolute atomic E-state index is 13.3. The van der Waals surface area contributed by atoms with Gasteiger partial charge in [-0.1, -0.05) is 74.4 Å². The summed E-state index contributed by atoms with van der Waals surface area (Å²) in [5.41, 5.74) is 6.21. The molecule has 1 atom stereocenters. The van der Waals surface area contributed by atoms with Gasteiger partial charge in [0.2, 0.25) is 11.5 Å². The number of nitrogens with one attached hydrogen (secondary N) is 3. The molecule has 5 rings (SSSR count). The summed E-state index contributed by atoms with van der Waals surface area (Å²) in [5.74, 6) is -0.139. The number of phenolic OH excluding ortho intramolecular Hbond substituents is 1. The zero-order chi connectivity index (χ0) is 33.9. The average Bonchev–Trinajstić information content (AvgIpc) is 3.10. The SMILES string of the molecule is CCCCCN(NC[C@@H](O)c1ccc(O)c2[nH]c(=O)ccc12)C(=O)CCN1CCC(OC(=O)Nc2ccccc2-c2ccccc2)CC1. The standard InChI is InChI=1S/C37H45N5O6/c1-2-3-9-21-42(38-25-33(44)29-14-16-32(43)36-30(29)15-17-34(45)40-36)35(46)20-24-41-22-18-27(19-23-41)48-37(47)39-31-13-8-7-12-28(31)26-10-5-4-6-11-26/h4-8,10-17,27,33,38,43-44H,2-3,9,18-25H2,1H3,(H,39,47)(H,40,45)/t33-/m1/s1. The number of H-pyrrole nitrogens is 1. The lowest BCUT2D eigenvalue weighted by Crippen LogP contribution is -2.47. The number of amides is 2. The summed E-state index contributed by atoms with van der Waals surface area (Å²) in [6.45, 7) is 4.70. The van der Waals surface area contributed by atoms with Crippen molar-refractivity contribution in [3.05, 3.63) is 94.8 Å². The smallest absolute Gasteiger partial charge is 0.411 e. The second-order valence-electron chi connectivity index (χ2n) is 12.1. The van der Waals surface area contributed by atoms with Gasteiger partial charge in [0.05, 0.1) is 17.3 Å². The fourth-order valence-electron chi connectivity index (χ4n) is 6.06. The maximum atomic E-state index is 13.3. The number of hydrogen-bond donors (Lipinski definition) is 5. The number of anilines is 1. The van der Waals surface area contributed by atoms with Crippen molar-refractivity contribution in [2.45, 2.75) is 57.7 Å². The predicted molar refractivity (Wildman–Crippen MR) is 186 cm³/mol. The Kier molecular flexibility index (Phi) is 12.2. The minimum atomic E-state index is -0.983. The van der Waals surface area contributed by atoms with Crippen LogP contribution in [0.2, 0.25) is 0 Å². The van der Waals surface area contributed by atoms with E-state index in [1.807, 2.05) is 54.6 Å². The lowest BCUT2D eigenvalue weighted by Gasteiger charge is -2.32. The van der Waals surface area contributed by atoms with E-state index >= 15 is 0 Å². The van der Waals surface area contributed by atoms with Gasteiger partial charge in [-0.15, -0.1) is 0 Å². The number of rotatable bonds is 14. The van der Waals surface area contributed by atoms with E-state index in [1.165, 1.54) is 12.1 Å². The molecule has 1 aliphatic heterocycles. The molecule has 4 aromatic rings. The molecule has 1 aliphatic rings. The largest absolute Gasteiger partial charge is 0.506 e. The van der Waals surface area contributed by atoms with Gasteiger partial charge in [0.15, 0.2) is 0 Å². The lowest BCUT2D eigenvalue weighted by atomic mass is 10.0. The van der Waals surface area contributed by atoms with Gasteiger partial charge in [-0.3, -0.25) is 19.9 Å². The second kappa shape index (κ2) is 16.9. The molecule has 1 saturated heterocycles. The number of aliphatic hydroxyl groups excluding tert-OH is 1. The van der Waals surface area contributed by atoms with Crippen LogP contribution in [0, 0.1) is 0 Å². The van der Waals surface area contributed by atoms with Gasteiger partial charge in [0, 0.05) is 56.2 Å². The Morgan fingerprint density at radius 2 is 1.75 bits per heavy atom. The number of ether oxygens (including phenoxy) is 1. The molecular formula is C37H45N5O6. The zero-order valence-corrected chi connectivity index (χ0v) is 27.4. The predicted octanol–water partition coefficient (Wildman–Crippen LogP) is 5.56. The van der Waals surface area contributed by atoms with Gasteiger partial charge in [-0.2, -0.15) is 0 Å². The highest BCUT2D eigenvalue weighted by atomic mass is 16.6. The summed E-state index contributed by atoms with van der Waals surface area (Å²) in [5, 5.41) is 26.3. The van der Waals surface area contributed by atoms with Gasteiger partial charge in [0.25, 0.3) is 0 Å². The number of para-hydroxylation sites is 1. The first-order valence-corrected chi connectivity index (χ1v) is 16.7. The van der Waals surface area contributed by atoms with Crippen LogP contribution in [0.3, 0.4) is 0 Å². The molecular weight excluding hydrogens is 610 g/mol. The number of pyridine rings is 1. The number of phenols is 1. The maximum Gasteiger partial charge on any atom is 0.411 e. The summed E-state index contributed by atoms with van der Waals surface area (Å²) in [7, 11) is 0. The van der Waals surface area contributed by atoms with Crippen LogP contribution in [-0.2, 0) is 9.53 Å².